The van der Waals surface area contributed by atoms with Crippen LogP contribution in [0.25, 0.3) is 0 Å². The van der Waals surface area contributed by atoms with E-state index in [0.29, 0.717) is 25.1 Å². The molecule has 1 aromatic heterocycles. The number of benzene rings is 2. The van der Waals surface area contributed by atoms with Gasteiger partial charge in [0.25, 0.3) is 0 Å². The summed E-state index contributed by atoms with van der Waals surface area (Å²) in [5, 5.41) is 11.7. The van der Waals surface area contributed by atoms with Crippen LogP contribution in [0.15, 0.2) is 66.9 Å². The van der Waals surface area contributed by atoms with Crippen molar-refractivity contribution >= 4 is 5.91 Å². The van der Waals surface area contributed by atoms with Gasteiger partial charge < -0.3 is 15.0 Å². The molecular formula is C25H30N5O2+. The van der Waals surface area contributed by atoms with Crippen LogP contribution in [0.5, 0.6) is 5.75 Å². The molecule has 1 amide bonds. The molecule has 4 atom stereocenters. The van der Waals surface area contributed by atoms with Gasteiger partial charge in [-0.05, 0) is 23.6 Å². The number of hydrogen-bond acceptors (Lipinski definition) is 4. The number of hydrogen-bond donors (Lipinski definition) is 2. The van der Waals surface area contributed by atoms with Crippen LogP contribution in [-0.2, 0) is 24.5 Å². The van der Waals surface area contributed by atoms with Gasteiger partial charge in [0.2, 0.25) is 5.91 Å². The molecule has 6 rings (SSSR count). The lowest BCUT2D eigenvalue weighted by Crippen LogP contribution is -3.20. The second-order valence-electron chi connectivity index (χ2n) is 8.94. The number of fused-ring (bicyclic) bond motifs is 3. The quantitative estimate of drug-likeness (QED) is 0.565. The maximum Gasteiger partial charge on any atom is 0.229 e. The molecule has 0 radical (unpaired) electrons. The second kappa shape index (κ2) is 9.53. The molecule has 0 spiro atoms. The number of quaternary nitrogens is 1. The van der Waals surface area contributed by atoms with Crippen molar-refractivity contribution in [3.8, 4) is 5.75 Å². The van der Waals surface area contributed by atoms with Crippen molar-refractivity contribution < 1.29 is 14.4 Å². The Kier molecular flexibility index (Phi) is 6.16. The zero-order valence-corrected chi connectivity index (χ0v) is 18.2. The van der Waals surface area contributed by atoms with Gasteiger partial charge in [-0.3, -0.25) is 4.79 Å². The first-order valence-corrected chi connectivity index (χ1v) is 11.5. The summed E-state index contributed by atoms with van der Waals surface area (Å²) >= 11 is 0. The monoisotopic (exact) mass is 432 g/mol. The second-order valence-corrected chi connectivity index (χ2v) is 8.94. The van der Waals surface area contributed by atoms with Crippen molar-refractivity contribution in [3.63, 3.8) is 0 Å². The SMILES string of the molecule is O=C(NCc1ccccc1)[C@H]1C[NH+]2CC[C@@H]1C[C@@H]2Cn1cc(COc2ccccc2)nn1. The molecule has 166 valence electrons. The molecule has 7 heteroatoms. The number of piperidine rings is 3. The predicted octanol–water partition coefficient (Wildman–Crippen LogP) is 1.47. The fourth-order valence-electron chi connectivity index (χ4n) is 5.13. The normalized spacial score (nSPS) is 24.2. The zero-order chi connectivity index (χ0) is 21.8. The van der Waals surface area contributed by atoms with E-state index in [2.05, 4.69) is 27.8 Å². The number of carbonyl (C=O) groups is 1. The predicted molar refractivity (Wildman–Crippen MR) is 120 cm³/mol. The Bertz CT molecular complexity index is 1020. The number of ether oxygens (including phenoxy) is 1. The molecule has 0 aliphatic carbocycles. The van der Waals surface area contributed by atoms with Gasteiger partial charge in [-0.25, -0.2) is 4.68 Å². The van der Waals surface area contributed by atoms with Crippen LogP contribution in [0.4, 0.5) is 0 Å². The van der Waals surface area contributed by atoms with E-state index in [1.165, 1.54) is 4.90 Å². The molecule has 32 heavy (non-hydrogen) atoms. The number of amides is 1. The number of para-hydroxylation sites is 1. The highest BCUT2D eigenvalue weighted by molar-refractivity contribution is 5.79. The van der Waals surface area contributed by atoms with Gasteiger partial charge in [0, 0.05) is 19.4 Å². The lowest BCUT2D eigenvalue weighted by Gasteiger charge is -2.46. The molecule has 4 heterocycles. The summed E-state index contributed by atoms with van der Waals surface area (Å²) in [6, 6.07) is 20.3. The summed E-state index contributed by atoms with van der Waals surface area (Å²) in [6.45, 7) is 3.90. The van der Waals surface area contributed by atoms with Gasteiger partial charge in [-0.2, -0.15) is 0 Å². The third-order valence-corrected chi connectivity index (χ3v) is 6.82. The first kappa shape index (κ1) is 20.7. The molecule has 2 N–H and O–H groups in total. The Balaban J connectivity index is 1.12. The molecule has 1 unspecified atom stereocenters. The molecular weight excluding hydrogens is 402 g/mol. The van der Waals surface area contributed by atoms with E-state index in [1.54, 1.807) is 0 Å². The van der Waals surface area contributed by atoms with Gasteiger partial charge in [0.1, 0.15) is 24.1 Å². The number of aromatic nitrogens is 3. The first-order chi connectivity index (χ1) is 15.7. The molecule has 0 saturated carbocycles. The van der Waals surface area contributed by atoms with Crippen LogP contribution in [0.1, 0.15) is 24.1 Å². The van der Waals surface area contributed by atoms with Gasteiger partial charge >= 0.3 is 0 Å². The largest absolute Gasteiger partial charge is 0.487 e. The summed E-state index contributed by atoms with van der Waals surface area (Å²) in [5.74, 6) is 1.61. The van der Waals surface area contributed by atoms with Crippen LogP contribution in [0.2, 0.25) is 0 Å². The van der Waals surface area contributed by atoms with E-state index in [0.717, 1.165) is 49.5 Å². The van der Waals surface area contributed by atoms with E-state index < -0.39 is 0 Å². The van der Waals surface area contributed by atoms with Gasteiger partial charge in [0.05, 0.1) is 31.7 Å². The maximum absolute atomic E-state index is 12.9. The van der Waals surface area contributed by atoms with Crippen molar-refractivity contribution in [2.75, 3.05) is 13.1 Å². The smallest absolute Gasteiger partial charge is 0.229 e. The molecule has 2 bridgehead atoms. The lowest BCUT2D eigenvalue weighted by atomic mass is 9.75. The minimum Gasteiger partial charge on any atom is -0.487 e. The van der Waals surface area contributed by atoms with Crippen LogP contribution in [0.3, 0.4) is 0 Å². The van der Waals surface area contributed by atoms with E-state index in [-0.39, 0.29) is 11.8 Å². The Morgan fingerprint density at radius 1 is 1.12 bits per heavy atom. The molecule has 7 nitrogen and oxygen atoms in total. The fourth-order valence-corrected chi connectivity index (χ4v) is 5.13. The van der Waals surface area contributed by atoms with Crippen molar-refractivity contribution in [1.82, 2.24) is 20.3 Å². The van der Waals surface area contributed by atoms with Crippen LogP contribution in [-0.4, -0.2) is 40.0 Å². The topological polar surface area (TPSA) is 73.5 Å². The Morgan fingerprint density at radius 2 is 1.91 bits per heavy atom. The lowest BCUT2D eigenvalue weighted by molar-refractivity contribution is -0.945. The average Bonchev–Trinajstić information content (AvgIpc) is 3.30. The summed E-state index contributed by atoms with van der Waals surface area (Å²) < 4.78 is 7.71. The Morgan fingerprint density at radius 3 is 2.66 bits per heavy atom. The van der Waals surface area contributed by atoms with Crippen molar-refractivity contribution in [2.45, 2.75) is 38.6 Å². The number of nitrogens with zero attached hydrogens (tertiary/aromatic N) is 3. The molecule has 3 saturated heterocycles. The third-order valence-electron chi connectivity index (χ3n) is 6.82. The van der Waals surface area contributed by atoms with Gasteiger partial charge in [-0.1, -0.05) is 53.7 Å². The van der Waals surface area contributed by atoms with E-state index in [9.17, 15) is 4.79 Å². The Labute approximate surface area is 188 Å². The summed E-state index contributed by atoms with van der Waals surface area (Å²) in [6.07, 6.45) is 4.17. The minimum absolute atomic E-state index is 0.115. The highest BCUT2D eigenvalue weighted by Crippen LogP contribution is 2.27. The highest BCUT2D eigenvalue weighted by Gasteiger charge is 2.46. The highest BCUT2D eigenvalue weighted by atomic mass is 16.5. The van der Waals surface area contributed by atoms with Crippen molar-refractivity contribution in [2.24, 2.45) is 11.8 Å². The molecule has 3 fully saturated rings. The van der Waals surface area contributed by atoms with Crippen molar-refractivity contribution in [1.29, 1.82) is 0 Å². The number of nitrogens with one attached hydrogen (secondary N) is 2. The molecule has 3 aliphatic heterocycles. The van der Waals surface area contributed by atoms with Gasteiger partial charge in [0.15, 0.2) is 0 Å². The van der Waals surface area contributed by atoms with Crippen molar-refractivity contribution in [3.05, 3.63) is 78.1 Å². The van der Waals surface area contributed by atoms with Crippen LogP contribution < -0.4 is 15.0 Å². The summed E-state index contributed by atoms with van der Waals surface area (Å²) in [7, 11) is 0. The molecule has 3 aliphatic rings. The number of carbonyl (C=O) groups excluding carboxylic acids is 1. The number of rotatable bonds is 8. The van der Waals surface area contributed by atoms with Gasteiger partial charge in [-0.15, -0.1) is 5.10 Å². The van der Waals surface area contributed by atoms with E-state index in [4.69, 9.17) is 4.74 Å². The summed E-state index contributed by atoms with van der Waals surface area (Å²) in [5.41, 5.74) is 1.98. The van der Waals surface area contributed by atoms with Crippen LogP contribution >= 0.6 is 0 Å². The maximum atomic E-state index is 12.9. The first-order valence-electron chi connectivity index (χ1n) is 11.5. The van der Waals surface area contributed by atoms with E-state index in [1.807, 2.05) is 59.4 Å². The third kappa shape index (κ3) is 4.83. The average molecular weight is 433 g/mol. The molecule has 3 aromatic rings. The van der Waals surface area contributed by atoms with Crippen LogP contribution in [0, 0.1) is 11.8 Å². The van der Waals surface area contributed by atoms with E-state index >= 15 is 0 Å². The summed E-state index contributed by atoms with van der Waals surface area (Å²) in [4.78, 5) is 14.4. The standard InChI is InChI=1S/C25H29N5O2/c31-25(26-14-19-7-3-1-4-8-19)24-17-29-12-11-20(24)13-22(29)16-30-15-21(27-28-30)18-32-23-9-5-2-6-10-23/h1-10,15,20,22,24H,11-14,16-18H2,(H,26,31)/p+1/t20-,22-,24+/m1/s1. The molecule has 2 aromatic carbocycles. The Hall–Kier alpha value is -3.19. The fraction of sp³-hybridized carbons (Fsp3) is 0.400. The minimum atomic E-state index is 0.115. The zero-order valence-electron chi connectivity index (χ0n) is 18.2.